The van der Waals surface area contributed by atoms with Crippen LogP contribution in [0, 0.1) is 17.3 Å². The van der Waals surface area contributed by atoms with Crippen LogP contribution >= 0.6 is 0 Å². The molecule has 0 aromatic carbocycles. The molecule has 0 aliphatic rings. The molecule has 0 amide bonds. The lowest BCUT2D eigenvalue weighted by Gasteiger charge is -2.35. The van der Waals surface area contributed by atoms with Gasteiger partial charge in [0.2, 0.25) is 0 Å². The summed E-state index contributed by atoms with van der Waals surface area (Å²) in [5, 5.41) is 17.5. The molecule has 0 aliphatic heterocycles. The van der Waals surface area contributed by atoms with E-state index in [0.717, 1.165) is 13.8 Å². The third kappa shape index (κ3) is 2.45. The lowest BCUT2D eigenvalue weighted by atomic mass is 9.68. The van der Waals surface area contributed by atoms with Crippen LogP contribution in [0.25, 0.3) is 0 Å². The summed E-state index contributed by atoms with van der Waals surface area (Å²) in [6.07, 6.45) is -4.75. The number of alkyl halides is 3. The first kappa shape index (κ1) is 14.7. The fourth-order valence-electron chi connectivity index (χ4n) is 1.34. The van der Waals surface area contributed by atoms with Gasteiger partial charge in [0.1, 0.15) is 0 Å². The Balaban J connectivity index is 5.45. The third-order valence-corrected chi connectivity index (χ3v) is 3.12. The molecule has 3 unspecified atom stereocenters. The summed E-state index contributed by atoms with van der Waals surface area (Å²) in [7, 11) is 0. The van der Waals surface area contributed by atoms with E-state index in [1.165, 1.54) is 0 Å². The second kappa shape index (κ2) is 4.31. The Hall–Kier alpha value is -1.27. The number of hydrogen-bond acceptors (Lipinski definition) is 2. The fraction of sp³-hybridized carbons (Fsp3) is 0.778. The van der Waals surface area contributed by atoms with Crippen molar-refractivity contribution in [1.82, 2.24) is 0 Å². The highest BCUT2D eigenvalue weighted by Crippen LogP contribution is 2.44. The number of aliphatic carboxylic acids is 2. The van der Waals surface area contributed by atoms with Crippen LogP contribution < -0.4 is 0 Å². The number of carboxylic acids is 2. The highest BCUT2D eigenvalue weighted by molar-refractivity contribution is 5.83. The van der Waals surface area contributed by atoms with Crippen LogP contribution in [-0.4, -0.2) is 28.3 Å². The maximum atomic E-state index is 12.5. The lowest BCUT2D eigenvalue weighted by molar-refractivity contribution is -0.217. The molecule has 3 atom stereocenters. The zero-order valence-corrected chi connectivity index (χ0v) is 9.00. The molecule has 0 radical (unpaired) electrons. The molecule has 94 valence electrons. The Labute approximate surface area is 90.1 Å². The molecule has 0 rings (SSSR count). The van der Waals surface area contributed by atoms with Gasteiger partial charge in [0.15, 0.2) is 0 Å². The van der Waals surface area contributed by atoms with Crippen LogP contribution in [0.3, 0.4) is 0 Å². The Kier molecular flexibility index (Phi) is 3.96. The molecule has 2 N–H and O–H groups in total. The van der Waals surface area contributed by atoms with Crippen LogP contribution in [0.15, 0.2) is 0 Å². The van der Waals surface area contributed by atoms with Crippen LogP contribution in [-0.2, 0) is 9.59 Å². The van der Waals surface area contributed by atoms with Gasteiger partial charge in [0, 0.05) is 0 Å². The first-order valence-electron chi connectivity index (χ1n) is 4.48. The average molecular weight is 242 g/mol. The number of carbonyl (C=O) groups is 2. The first-order valence-corrected chi connectivity index (χ1v) is 4.48. The minimum absolute atomic E-state index is 0.674. The van der Waals surface area contributed by atoms with Crippen LogP contribution in [0.5, 0.6) is 0 Å². The van der Waals surface area contributed by atoms with E-state index in [1.807, 2.05) is 0 Å². The predicted octanol–water partition coefficient (Wildman–Crippen LogP) is 2.00. The van der Waals surface area contributed by atoms with Crippen molar-refractivity contribution in [1.29, 1.82) is 0 Å². The molecule has 0 aromatic rings. The van der Waals surface area contributed by atoms with Gasteiger partial charge in [0.05, 0.1) is 17.3 Å². The first-order chi connectivity index (χ1) is 6.95. The summed E-state index contributed by atoms with van der Waals surface area (Å²) in [4.78, 5) is 21.5. The standard InChI is InChI=1S/C9H13F3O4/c1-4(6(13)14)8(3,7(15)16)5(2)9(10,11)12/h4-5H,1-3H3,(H,13,14)(H,15,16). The van der Waals surface area contributed by atoms with E-state index in [-0.39, 0.29) is 0 Å². The Morgan fingerprint density at radius 1 is 1.12 bits per heavy atom. The van der Waals surface area contributed by atoms with Crippen molar-refractivity contribution >= 4 is 11.9 Å². The van der Waals surface area contributed by atoms with Crippen molar-refractivity contribution < 1.29 is 33.0 Å². The Morgan fingerprint density at radius 3 is 1.69 bits per heavy atom. The monoisotopic (exact) mass is 242 g/mol. The molecule has 7 heteroatoms. The van der Waals surface area contributed by atoms with Gasteiger partial charge >= 0.3 is 18.1 Å². The van der Waals surface area contributed by atoms with Gasteiger partial charge in [-0.2, -0.15) is 13.2 Å². The Morgan fingerprint density at radius 2 is 1.50 bits per heavy atom. The normalized spacial score (nSPS) is 19.6. The van der Waals surface area contributed by atoms with E-state index >= 15 is 0 Å². The van der Waals surface area contributed by atoms with E-state index in [0.29, 0.717) is 6.92 Å². The van der Waals surface area contributed by atoms with Gasteiger partial charge in [-0.05, 0) is 6.92 Å². The maximum Gasteiger partial charge on any atom is 0.392 e. The zero-order chi connectivity index (χ0) is 13.3. The van der Waals surface area contributed by atoms with Crippen LogP contribution in [0.2, 0.25) is 0 Å². The molecule has 4 nitrogen and oxygen atoms in total. The van der Waals surface area contributed by atoms with Crippen molar-refractivity contribution in [3.05, 3.63) is 0 Å². The summed E-state index contributed by atoms with van der Waals surface area (Å²) >= 11 is 0. The number of rotatable bonds is 4. The summed E-state index contributed by atoms with van der Waals surface area (Å²) < 4.78 is 37.4. The molecule has 0 aliphatic carbocycles. The smallest absolute Gasteiger partial charge is 0.392 e. The van der Waals surface area contributed by atoms with Crippen molar-refractivity contribution in [3.63, 3.8) is 0 Å². The van der Waals surface area contributed by atoms with E-state index in [4.69, 9.17) is 10.2 Å². The molecule has 0 saturated carbocycles. The molecule has 0 fully saturated rings. The summed E-state index contributed by atoms with van der Waals surface area (Å²) in [5.74, 6) is -7.22. The van der Waals surface area contributed by atoms with Crippen molar-refractivity contribution in [2.75, 3.05) is 0 Å². The summed E-state index contributed by atoms with van der Waals surface area (Å²) in [5.41, 5.74) is -2.38. The highest BCUT2D eigenvalue weighted by atomic mass is 19.4. The topological polar surface area (TPSA) is 74.6 Å². The number of hydrogen-bond donors (Lipinski definition) is 2. The van der Waals surface area contributed by atoms with E-state index in [9.17, 15) is 22.8 Å². The van der Waals surface area contributed by atoms with Gasteiger partial charge in [-0.25, -0.2) is 0 Å². The average Bonchev–Trinajstić information content (AvgIpc) is 2.12. The van der Waals surface area contributed by atoms with Crippen LogP contribution in [0.1, 0.15) is 20.8 Å². The van der Waals surface area contributed by atoms with Crippen molar-refractivity contribution in [2.45, 2.75) is 26.9 Å². The molecule has 0 heterocycles. The lowest BCUT2D eigenvalue weighted by Crippen LogP contribution is -2.48. The third-order valence-electron chi connectivity index (χ3n) is 3.12. The SMILES string of the molecule is CC(C(=O)O)C(C)(C(=O)O)C(C)C(F)(F)F. The predicted molar refractivity (Wildman–Crippen MR) is 47.8 cm³/mol. The van der Waals surface area contributed by atoms with Gasteiger partial charge in [-0.3, -0.25) is 9.59 Å². The number of halogens is 3. The number of carboxylic acid groups (broad SMARTS) is 2. The minimum atomic E-state index is -4.75. The van der Waals surface area contributed by atoms with Crippen molar-refractivity contribution in [3.8, 4) is 0 Å². The van der Waals surface area contributed by atoms with Crippen LogP contribution in [0.4, 0.5) is 13.2 Å². The van der Waals surface area contributed by atoms with E-state index < -0.39 is 35.4 Å². The molecule has 0 saturated heterocycles. The van der Waals surface area contributed by atoms with Gasteiger partial charge in [-0.15, -0.1) is 0 Å². The van der Waals surface area contributed by atoms with E-state index in [1.54, 1.807) is 0 Å². The largest absolute Gasteiger partial charge is 0.481 e. The molecule has 16 heavy (non-hydrogen) atoms. The maximum absolute atomic E-state index is 12.5. The quantitative estimate of drug-likeness (QED) is 0.790. The van der Waals surface area contributed by atoms with Crippen molar-refractivity contribution in [2.24, 2.45) is 17.3 Å². The second-order valence-corrected chi connectivity index (χ2v) is 3.91. The summed E-state index contributed by atoms with van der Waals surface area (Å²) in [6, 6.07) is 0. The molecule has 0 bridgehead atoms. The minimum Gasteiger partial charge on any atom is -0.481 e. The Bertz CT molecular complexity index is 300. The second-order valence-electron chi connectivity index (χ2n) is 3.91. The van der Waals surface area contributed by atoms with Gasteiger partial charge < -0.3 is 10.2 Å². The van der Waals surface area contributed by atoms with Gasteiger partial charge in [0.25, 0.3) is 0 Å². The molecular formula is C9H13F3O4. The van der Waals surface area contributed by atoms with E-state index in [2.05, 4.69) is 0 Å². The van der Waals surface area contributed by atoms with Gasteiger partial charge in [-0.1, -0.05) is 13.8 Å². The highest BCUT2D eigenvalue weighted by Gasteiger charge is 2.57. The zero-order valence-electron chi connectivity index (χ0n) is 9.00. The molecule has 0 aromatic heterocycles. The fourth-order valence-corrected chi connectivity index (χ4v) is 1.34. The molecular weight excluding hydrogens is 229 g/mol. The summed E-state index contributed by atoms with van der Waals surface area (Å²) in [6.45, 7) is 2.43. The molecule has 0 spiro atoms.